The van der Waals surface area contributed by atoms with Crippen LogP contribution in [0.15, 0.2) is 66.7 Å². The van der Waals surface area contributed by atoms with Crippen molar-refractivity contribution in [2.24, 2.45) is 0 Å². The van der Waals surface area contributed by atoms with Crippen LogP contribution in [-0.2, 0) is 29.3 Å². The third-order valence-corrected chi connectivity index (χ3v) is 4.76. The Kier molecular flexibility index (Phi) is 7.83. The smallest absolute Gasteiger partial charge is 0.337 e. The number of rotatable bonds is 9. The molecule has 0 amide bonds. The molecule has 166 valence electrons. The minimum absolute atomic E-state index is 0.207. The number of carbonyl (C=O) groups excluding carboxylic acids is 2. The number of aliphatic hydroxyl groups is 1. The Balaban J connectivity index is 1.70. The molecule has 0 spiro atoms. The molecule has 0 aromatic heterocycles. The van der Waals surface area contributed by atoms with Gasteiger partial charge in [0.15, 0.2) is 11.5 Å². The van der Waals surface area contributed by atoms with Gasteiger partial charge in [0.25, 0.3) is 0 Å². The van der Waals surface area contributed by atoms with E-state index in [2.05, 4.69) is 0 Å². The first-order valence-corrected chi connectivity index (χ1v) is 9.88. The number of para-hydroxylation sites is 1. The summed E-state index contributed by atoms with van der Waals surface area (Å²) in [6.45, 7) is 0.269. The van der Waals surface area contributed by atoms with Crippen LogP contribution in [0.5, 0.6) is 11.5 Å². The van der Waals surface area contributed by atoms with Crippen molar-refractivity contribution in [2.75, 3.05) is 14.2 Å². The fourth-order valence-corrected chi connectivity index (χ4v) is 2.99. The molecule has 0 atom stereocenters. The van der Waals surface area contributed by atoms with Crippen LogP contribution in [0.4, 0.5) is 0 Å². The number of esters is 2. The van der Waals surface area contributed by atoms with Crippen molar-refractivity contribution in [3.8, 4) is 11.5 Å². The van der Waals surface area contributed by atoms with Gasteiger partial charge in [-0.1, -0.05) is 36.4 Å². The SMILES string of the molecule is COC(=O)c1ccc(COc2cccc(CO)c2OCc2ccc(C(=O)OC)cc2)cc1. The Morgan fingerprint density at radius 2 is 1.22 bits per heavy atom. The summed E-state index contributed by atoms with van der Waals surface area (Å²) in [5.41, 5.74) is 3.20. The predicted molar refractivity (Wildman–Crippen MR) is 117 cm³/mol. The molecule has 0 aliphatic heterocycles. The maximum absolute atomic E-state index is 11.6. The van der Waals surface area contributed by atoms with Crippen LogP contribution in [-0.4, -0.2) is 31.3 Å². The highest BCUT2D eigenvalue weighted by Gasteiger charge is 2.13. The van der Waals surface area contributed by atoms with E-state index in [1.165, 1.54) is 14.2 Å². The Morgan fingerprint density at radius 3 is 1.69 bits per heavy atom. The van der Waals surface area contributed by atoms with Crippen LogP contribution >= 0.6 is 0 Å². The molecule has 0 radical (unpaired) electrons. The van der Waals surface area contributed by atoms with E-state index in [0.29, 0.717) is 28.2 Å². The number of benzene rings is 3. The van der Waals surface area contributed by atoms with Crippen molar-refractivity contribution in [3.05, 3.63) is 94.5 Å². The predicted octanol–water partition coefficient (Wildman–Crippen LogP) is 3.91. The molecule has 0 fully saturated rings. The largest absolute Gasteiger partial charge is 0.485 e. The monoisotopic (exact) mass is 436 g/mol. The highest BCUT2D eigenvalue weighted by atomic mass is 16.5. The third kappa shape index (κ3) is 5.65. The molecule has 3 rings (SSSR count). The summed E-state index contributed by atoms with van der Waals surface area (Å²) in [6, 6.07) is 19.1. The van der Waals surface area contributed by atoms with E-state index in [-0.39, 0.29) is 19.8 Å². The van der Waals surface area contributed by atoms with Gasteiger partial charge in [-0.2, -0.15) is 0 Å². The number of carbonyl (C=O) groups is 2. The molecule has 7 nitrogen and oxygen atoms in total. The van der Waals surface area contributed by atoms with E-state index < -0.39 is 11.9 Å². The summed E-state index contributed by atoms with van der Waals surface area (Å²) in [5.74, 6) is 0.125. The molecule has 0 heterocycles. The van der Waals surface area contributed by atoms with Gasteiger partial charge in [0, 0.05) is 5.56 Å². The lowest BCUT2D eigenvalue weighted by atomic mass is 10.1. The molecule has 3 aromatic rings. The molecule has 7 heteroatoms. The van der Waals surface area contributed by atoms with Gasteiger partial charge in [-0.05, 0) is 41.5 Å². The quantitative estimate of drug-likeness (QED) is 0.509. The minimum Gasteiger partial charge on any atom is -0.485 e. The van der Waals surface area contributed by atoms with E-state index in [1.54, 1.807) is 66.7 Å². The molecular weight excluding hydrogens is 412 g/mol. The number of aliphatic hydroxyl groups excluding tert-OH is 1. The molecule has 0 aliphatic rings. The zero-order valence-electron chi connectivity index (χ0n) is 17.9. The summed E-state index contributed by atoms with van der Waals surface area (Å²) in [5, 5.41) is 9.73. The van der Waals surface area contributed by atoms with E-state index in [1.807, 2.05) is 0 Å². The first-order chi connectivity index (χ1) is 15.5. The Bertz CT molecular complexity index is 1060. The van der Waals surface area contributed by atoms with E-state index in [0.717, 1.165) is 11.1 Å². The van der Waals surface area contributed by atoms with Gasteiger partial charge >= 0.3 is 11.9 Å². The normalized spacial score (nSPS) is 10.3. The van der Waals surface area contributed by atoms with Gasteiger partial charge in [0.2, 0.25) is 0 Å². The second-order valence-corrected chi connectivity index (χ2v) is 6.86. The van der Waals surface area contributed by atoms with Crippen LogP contribution in [0.2, 0.25) is 0 Å². The lowest BCUT2D eigenvalue weighted by molar-refractivity contribution is 0.0592. The number of hydrogen-bond donors (Lipinski definition) is 1. The second kappa shape index (κ2) is 11.0. The minimum atomic E-state index is -0.404. The van der Waals surface area contributed by atoms with Crippen molar-refractivity contribution < 1.29 is 33.6 Å². The fraction of sp³-hybridized carbons (Fsp3) is 0.200. The maximum Gasteiger partial charge on any atom is 0.337 e. The standard InChI is InChI=1S/C25H24O7/c1-29-24(27)19-10-6-17(7-11-19)15-31-22-5-3-4-21(14-26)23(22)32-16-18-8-12-20(13-9-18)25(28)30-2/h3-13,26H,14-16H2,1-2H3. The number of hydrogen-bond acceptors (Lipinski definition) is 7. The van der Waals surface area contributed by atoms with Gasteiger partial charge in [-0.25, -0.2) is 9.59 Å². The second-order valence-electron chi connectivity index (χ2n) is 6.86. The molecule has 0 aliphatic carbocycles. The van der Waals surface area contributed by atoms with Gasteiger partial charge in [-0.3, -0.25) is 0 Å². The first kappa shape index (κ1) is 22.8. The molecule has 3 aromatic carbocycles. The summed E-state index contributed by atoms with van der Waals surface area (Å²) in [6.07, 6.45) is 0. The summed E-state index contributed by atoms with van der Waals surface area (Å²) >= 11 is 0. The molecule has 1 N–H and O–H groups in total. The molecule has 0 bridgehead atoms. The van der Waals surface area contributed by atoms with Crippen LogP contribution in [0.1, 0.15) is 37.4 Å². The van der Waals surface area contributed by atoms with E-state index in [9.17, 15) is 14.7 Å². The van der Waals surface area contributed by atoms with Gasteiger partial charge in [-0.15, -0.1) is 0 Å². The number of ether oxygens (including phenoxy) is 4. The average Bonchev–Trinajstić information content (AvgIpc) is 2.85. The lowest BCUT2D eigenvalue weighted by Crippen LogP contribution is -2.05. The zero-order chi connectivity index (χ0) is 22.9. The number of methoxy groups -OCH3 is 2. The van der Waals surface area contributed by atoms with Gasteiger partial charge < -0.3 is 24.1 Å². The van der Waals surface area contributed by atoms with Crippen molar-refractivity contribution in [3.63, 3.8) is 0 Å². The fourth-order valence-electron chi connectivity index (χ4n) is 2.99. The first-order valence-electron chi connectivity index (χ1n) is 9.88. The highest BCUT2D eigenvalue weighted by molar-refractivity contribution is 5.89. The van der Waals surface area contributed by atoms with Crippen LogP contribution in [0.3, 0.4) is 0 Å². The zero-order valence-corrected chi connectivity index (χ0v) is 17.9. The van der Waals surface area contributed by atoms with Crippen molar-refractivity contribution in [1.82, 2.24) is 0 Å². The van der Waals surface area contributed by atoms with Crippen LogP contribution in [0.25, 0.3) is 0 Å². The molecule has 0 saturated heterocycles. The molecule has 32 heavy (non-hydrogen) atoms. The summed E-state index contributed by atoms with van der Waals surface area (Å²) in [4.78, 5) is 23.1. The van der Waals surface area contributed by atoms with Gasteiger partial charge in [0.1, 0.15) is 13.2 Å². The topological polar surface area (TPSA) is 91.3 Å². The molecular formula is C25H24O7. The van der Waals surface area contributed by atoms with Crippen LogP contribution < -0.4 is 9.47 Å². The van der Waals surface area contributed by atoms with Crippen molar-refractivity contribution in [1.29, 1.82) is 0 Å². The lowest BCUT2D eigenvalue weighted by Gasteiger charge is -2.16. The van der Waals surface area contributed by atoms with E-state index in [4.69, 9.17) is 18.9 Å². The van der Waals surface area contributed by atoms with Crippen molar-refractivity contribution >= 4 is 11.9 Å². The Labute approximate surface area is 186 Å². The van der Waals surface area contributed by atoms with Crippen molar-refractivity contribution in [2.45, 2.75) is 19.8 Å². The highest BCUT2D eigenvalue weighted by Crippen LogP contribution is 2.33. The van der Waals surface area contributed by atoms with E-state index >= 15 is 0 Å². The maximum atomic E-state index is 11.6. The Hall–Kier alpha value is -3.84. The molecule has 0 unspecified atom stereocenters. The molecule has 0 saturated carbocycles. The van der Waals surface area contributed by atoms with Crippen LogP contribution in [0, 0.1) is 0 Å². The summed E-state index contributed by atoms with van der Waals surface area (Å²) in [7, 11) is 2.67. The average molecular weight is 436 g/mol. The third-order valence-electron chi connectivity index (χ3n) is 4.76. The summed E-state index contributed by atoms with van der Waals surface area (Å²) < 4.78 is 21.3. The van der Waals surface area contributed by atoms with Gasteiger partial charge in [0.05, 0.1) is 32.0 Å². The Morgan fingerprint density at radius 1 is 0.719 bits per heavy atom.